The molecule has 1 amide bonds. The molecule has 0 spiro atoms. The van der Waals surface area contributed by atoms with Gasteiger partial charge in [-0.3, -0.25) is 10.1 Å². The third kappa shape index (κ3) is 3.26. The number of hydrogen-bond donors (Lipinski definition) is 1. The van der Waals surface area contributed by atoms with Crippen LogP contribution in [0.3, 0.4) is 0 Å². The summed E-state index contributed by atoms with van der Waals surface area (Å²) < 4.78 is 11.9. The minimum absolute atomic E-state index is 0.194. The molecule has 1 N–H and O–H groups in total. The Hall–Kier alpha value is -2.78. The normalized spacial score (nSPS) is 10.6. The van der Waals surface area contributed by atoms with Crippen molar-refractivity contribution in [2.24, 2.45) is 0 Å². The number of nitrogens with zero attached hydrogens (tertiary/aromatic N) is 4. The summed E-state index contributed by atoms with van der Waals surface area (Å²) in [5.74, 6) is 0.352. The van der Waals surface area contributed by atoms with E-state index >= 15 is 0 Å². The van der Waals surface area contributed by atoms with Crippen molar-refractivity contribution in [2.45, 2.75) is 6.61 Å². The molecule has 1 aromatic carbocycles. The molecule has 3 rings (SSSR count). The molecule has 2 aromatic heterocycles. The van der Waals surface area contributed by atoms with Crippen molar-refractivity contribution in [3.63, 3.8) is 0 Å². The fourth-order valence-corrected chi connectivity index (χ4v) is 2.64. The monoisotopic (exact) mass is 345 g/mol. The van der Waals surface area contributed by atoms with Gasteiger partial charge < -0.3 is 9.47 Å². The van der Waals surface area contributed by atoms with Gasteiger partial charge in [0.2, 0.25) is 0 Å². The molecule has 0 aliphatic rings. The molecule has 0 fully saturated rings. The van der Waals surface area contributed by atoms with Crippen LogP contribution in [-0.4, -0.2) is 40.1 Å². The summed E-state index contributed by atoms with van der Waals surface area (Å²) in [6, 6.07) is 7.27. The maximum Gasteiger partial charge on any atom is 0.280 e. The Kier molecular flexibility index (Phi) is 4.82. The number of benzene rings is 1. The van der Waals surface area contributed by atoms with E-state index in [0.717, 1.165) is 11.4 Å². The van der Waals surface area contributed by atoms with Crippen LogP contribution in [0.4, 0.5) is 5.13 Å². The Morgan fingerprint density at radius 2 is 2.08 bits per heavy atom. The van der Waals surface area contributed by atoms with Gasteiger partial charge in [0.25, 0.3) is 5.91 Å². The molecule has 0 saturated carbocycles. The second kappa shape index (κ2) is 7.20. The maximum atomic E-state index is 12.4. The van der Waals surface area contributed by atoms with Gasteiger partial charge >= 0.3 is 0 Å². The first-order chi connectivity index (χ1) is 11.7. The van der Waals surface area contributed by atoms with E-state index in [1.807, 2.05) is 24.3 Å². The minimum Gasteiger partial charge on any atom is -0.497 e. The Morgan fingerprint density at radius 1 is 1.29 bits per heavy atom. The molecule has 24 heavy (non-hydrogen) atoms. The number of anilines is 1. The fourth-order valence-electron chi connectivity index (χ4n) is 2.12. The van der Waals surface area contributed by atoms with Crippen LogP contribution in [-0.2, 0) is 11.3 Å². The summed E-state index contributed by atoms with van der Waals surface area (Å²) in [5.41, 5.74) is 1.50. The third-order valence-electron chi connectivity index (χ3n) is 3.23. The smallest absolute Gasteiger partial charge is 0.280 e. The third-order valence-corrected chi connectivity index (χ3v) is 3.92. The molecule has 0 unspecified atom stereocenters. The van der Waals surface area contributed by atoms with Crippen LogP contribution in [0.15, 0.2) is 35.8 Å². The SMILES string of the molecule is COCc1c(C(=O)Nc2nccs2)nnn1-c1ccc(OC)cc1. The summed E-state index contributed by atoms with van der Waals surface area (Å²) in [5, 5.41) is 13.1. The van der Waals surface area contributed by atoms with Crippen LogP contribution in [0, 0.1) is 0 Å². The second-order valence-corrected chi connectivity index (χ2v) is 5.61. The average Bonchev–Trinajstić information content (AvgIpc) is 3.25. The van der Waals surface area contributed by atoms with Gasteiger partial charge in [-0.05, 0) is 24.3 Å². The molecule has 124 valence electrons. The standard InChI is InChI=1S/C15H15N5O3S/c1-22-9-12-13(14(21)17-15-16-7-8-24-15)18-19-20(12)10-3-5-11(23-2)6-4-10/h3-8H,9H2,1-2H3,(H,16,17,21). The van der Waals surface area contributed by atoms with E-state index in [2.05, 4.69) is 20.6 Å². The lowest BCUT2D eigenvalue weighted by Crippen LogP contribution is -2.15. The van der Waals surface area contributed by atoms with E-state index in [1.54, 1.807) is 30.5 Å². The van der Waals surface area contributed by atoms with Gasteiger partial charge in [0.1, 0.15) is 11.4 Å². The highest BCUT2D eigenvalue weighted by Gasteiger charge is 2.21. The number of amides is 1. The summed E-state index contributed by atoms with van der Waals surface area (Å²) >= 11 is 1.33. The number of hydrogen-bond acceptors (Lipinski definition) is 7. The molecule has 0 radical (unpaired) electrons. The number of methoxy groups -OCH3 is 2. The zero-order valence-electron chi connectivity index (χ0n) is 13.1. The second-order valence-electron chi connectivity index (χ2n) is 4.72. The first-order valence-electron chi connectivity index (χ1n) is 7.01. The molecule has 0 saturated heterocycles. The van der Waals surface area contributed by atoms with Crippen molar-refractivity contribution in [1.82, 2.24) is 20.0 Å². The number of aromatic nitrogens is 4. The highest BCUT2D eigenvalue weighted by Crippen LogP contribution is 2.19. The van der Waals surface area contributed by atoms with E-state index in [-0.39, 0.29) is 18.2 Å². The van der Waals surface area contributed by atoms with Crippen molar-refractivity contribution >= 4 is 22.4 Å². The van der Waals surface area contributed by atoms with Gasteiger partial charge in [-0.1, -0.05) is 5.21 Å². The van der Waals surface area contributed by atoms with Crippen LogP contribution in [0.2, 0.25) is 0 Å². The Labute approximate surface area is 142 Å². The van der Waals surface area contributed by atoms with Gasteiger partial charge in [-0.15, -0.1) is 16.4 Å². The molecule has 3 aromatic rings. The van der Waals surface area contributed by atoms with Crippen molar-refractivity contribution in [1.29, 1.82) is 0 Å². The van der Waals surface area contributed by atoms with Crippen molar-refractivity contribution in [3.8, 4) is 11.4 Å². The largest absolute Gasteiger partial charge is 0.497 e. The van der Waals surface area contributed by atoms with Gasteiger partial charge in [0, 0.05) is 18.7 Å². The van der Waals surface area contributed by atoms with E-state index in [9.17, 15) is 4.79 Å². The van der Waals surface area contributed by atoms with E-state index in [1.165, 1.54) is 11.3 Å². The van der Waals surface area contributed by atoms with Crippen molar-refractivity contribution in [3.05, 3.63) is 47.2 Å². The van der Waals surface area contributed by atoms with E-state index < -0.39 is 0 Å². The number of thiazole rings is 1. The molecule has 0 bridgehead atoms. The first kappa shape index (κ1) is 16.1. The highest BCUT2D eigenvalue weighted by atomic mass is 32.1. The summed E-state index contributed by atoms with van der Waals surface area (Å²) in [4.78, 5) is 16.4. The Morgan fingerprint density at radius 3 is 2.71 bits per heavy atom. The zero-order valence-corrected chi connectivity index (χ0v) is 13.9. The number of nitrogens with one attached hydrogen (secondary N) is 1. The highest BCUT2D eigenvalue weighted by molar-refractivity contribution is 7.13. The van der Waals surface area contributed by atoms with Crippen molar-refractivity contribution < 1.29 is 14.3 Å². The van der Waals surface area contributed by atoms with Crippen LogP contribution < -0.4 is 10.1 Å². The molecule has 8 nitrogen and oxygen atoms in total. The lowest BCUT2D eigenvalue weighted by Gasteiger charge is -2.08. The van der Waals surface area contributed by atoms with E-state index in [4.69, 9.17) is 9.47 Å². The zero-order chi connectivity index (χ0) is 16.9. The van der Waals surface area contributed by atoms with Crippen LogP contribution in [0.1, 0.15) is 16.2 Å². The van der Waals surface area contributed by atoms with Crippen LogP contribution >= 0.6 is 11.3 Å². The minimum atomic E-state index is -0.378. The predicted octanol–water partition coefficient (Wildman–Crippen LogP) is 2.13. The lowest BCUT2D eigenvalue weighted by molar-refractivity contribution is 0.101. The molecule has 0 aliphatic heterocycles. The summed E-state index contributed by atoms with van der Waals surface area (Å²) in [7, 11) is 3.15. The van der Waals surface area contributed by atoms with Crippen LogP contribution in [0.5, 0.6) is 5.75 Å². The van der Waals surface area contributed by atoms with Crippen LogP contribution in [0.25, 0.3) is 5.69 Å². The fraction of sp³-hybridized carbons (Fsp3) is 0.200. The van der Waals surface area contributed by atoms with Gasteiger partial charge in [0.05, 0.1) is 19.4 Å². The Balaban J connectivity index is 1.92. The number of rotatable bonds is 6. The predicted molar refractivity (Wildman–Crippen MR) is 88.7 cm³/mol. The maximum absolute atomic E-state index is 12.4. The summed E-state index contributed by atoms with van der Waals surface area (Å²) in [6.45, 7) is 0.194. The number of ether oxygens (including phenoxy) is 2. The average molecular weight is 345 g/mol. The quantitative estimate of drug-likeness (QED) is 0.736. The van der Waals surface area contributed by atoms with Gasteiger partial charge in [-0.25, -0.2) is 9.67 Å². The molecular formula is C15H15N5O3S. The molecular weight excluding hydrogens is 330 g/mol. The molecule has 2 heterocycles. The first-order valence-corrected chi connectivity index (χ1v) is 7.89. The van der Waals surface area contributed by atoms with Crippen molar-refractivity contribution in [2.75, 3.05) is 19.5 Å². The number of carbonyl (C=O) groups excluding carboxylic acids is 1. The van der Waals surface area contributed by atoms with Gasteiger partial charge in [-0.2, -0.15) is 0 Å². The molecule has 0 aliphatic carbocycles. The Bertz CT molecular complexity index is 814. The molecule has 9 heteroatoms. The topological polar surface area (TPSA) is 91.2 Å². The lowest BCUT2D eigenvalue weighted by atomic mass is 10.2. The number of carbonyl (C=O) groups is 1. The molecule has 0 atom stereocenters. The van der Waals surface area contributed by atoms with E-state index in [0.29, 0.717) is 10.8 Å². The van der Waals surface area contributed by atoms with Gasteiger partial charge in [0.15, 0.2) is 10.8 Å². The summed E-state index contributed by atoms with van der Waals surface area (Å²) in [6.07, 6.45) is 1.62.